The van der Waals surface area contributed by atoms with Gasteiger partial charge in [0.15, 0.2) is 0 Å². The zero-order valence-electron chi connectivity index (χ0n) is 10.7. The van der Waals surface area contributed by atoms with Crippen molar-refractivity contribution >= 4 is 21.6 Å². The van der Waals surface area contributed by atoms with Crippen LogP contribution in [-0.2, 0) is 14.0 Å². The van der Waals surface area contributed by atoms with Crippen molar-refractivity contribution in [2.45, 2.75) is 19.3 Å². The summed E-state index contributed by atoms with van der Waals surface area (Å²) in [6.45, 7) is 5.68. The predicted octanol–water partition coefficient (Wildman–Crippen LogP) is -0.878. The molecule has 0 atom stereocenters. The third kappa shape index (κ3) is 1.77. The summed E-state index contributed by atoms with van der Waals surface area (Å²) < 4.78 is 24.9. The van der Waals surface area contributed by atoms with Crippen LogP contribution in [0.5, 0.6) is 0 Å². The molecule has 0 unspecified atom stereocenters. The molecule has 0 amide bonds. The van der Waals surface area contributed by atoms with Crippen molar-refractivity contribution in [3.05, 3.63) is 0 Å². The average Bonchev–Trinajstić information content (AvgIpc) is 2.48. The van der Waals surface area contributed by atoms with Crippen LogP contribution in [-0.4, -0.2) is 75.2 Å². The second-order valence-electron chi connectivity index (χ2n) is 5.37. The molecule has 9 heteroatoms. The molecule has 4 aliphatic heterocycles. The third-order valence-corrected chi connectivity index (χ3v) is 4.18. The maximum Gasteiger partial charge on any atom is 0.462 e. The Balaban J connectivity index is 1.64. The molecule has 0 aromatic carbocycles. The van der Waals surface area contributed by atoms with Gasteiger partial charge in [-0.1, -0.05) is 0 Å². The van der Waals surface area contributed by atoms with E-state index in [-0.39, 0.29) is 21.6 Å². The molecule has 0 aromatic heterocycles. The summed E-state index contributed by atoms with van der Waals surface area (Å²) in [5, 5.41) is 0. The molecular formula is C9H18B3N3O3. The van der Waals surface area contributed by atoms with E-state index < -0.39 is 0 Å². The molecule has 0 bridgehead atoms. The Hall–Kier alpha value is -0.0452. The van der Waals surface area contributed by atoms with Crippen molar-refractivity contribution in [1.29, 1.82) is 0 Å². The number of hydrogen-bond acceptors (Lipinski definition) is 6. The molecule has 0 aromatic rings. The first-order valence-electron chi connectivity index (χ1n) is 7.07. The summed E-state index contributed by atoms with van der Waals surface area (Å²) in [7, 11) is 0.134. The lowest BCUT2D eigenvalue weighted by Gasteiger charge is -2.54. The van der Waals surface area contributed by atoms with Crippen LogP contribution in [0.3, 0.4) is 0 Å². The summed E-state index contributed by atoms with van der Waals surface area (Å²) in [6.07, 6.45) is 3.26. The van der Waals surface area contributed by atoms with Crippen LogP contribution in [0.1, 0.15) is 19.3 Å². The topological polar surface area (TPSA) is 37.4 Å². The Kier molecular flexibility index (Phi) is 3.14. The second kappa shape index (κ2) is 4.81. The molecule has 18 heavy (non-hydrogen) atoms. The predicted molar refractivity (Wildman–Crippen MR) is 69.1 cm³/mol. The molecule has 4 heterocycles. The SMILES string of the molecule is C1COB2N(C1)B1OCCCN1B1OCCCN21. The van der Waals surface area contributed by atoms with Gasteiger partial charge >= 0.3 is 21.6 Å². The van der Waals surface area contributed by atoms with Crippen LogP contribution < -0.4 is 0 Å². The number of hydrogen-bond donors (Lipinski definition) is 0. The molecule has 0 saturated carbocycles. The molecule has 4 aliphatic rings. The van der Waals surface area contributed by atoms with Crippen molar-refractivity contribution in [2.75, 3.05) is 39.5 Å². The first kappa shape index (κ1) is 11.8. The minimum Gasteiger partial charge on any atom is -0.409 e. The summed E-state index contributed by atoms with van der Waals surface area (Å²) in [6, 6.07) is 0. The molecule has 0 spiro atoms. The van der Waals surface area contributed by atoms with Gasteiger partial charge in [-0.2, -0.15) is 0 Å². The average molecular weight is 249 g/mol. The van der Waals surface area contributed by atoms with Crippen molar-refractivity contribution in [3.63, 3.8) is 0 Å². The van der Waals surface area contributed by atoms with E-state index in [9.17, 15) is 0 Å². The van der Waals surface area contributed by atoms with Gasteiger partial charge in [-0.25, -0.2) is 0 Å². The van der Waals surface area contributed by atoms with Gasteiger partial charge < -0.3 is 28.1 Å². The van der Waals surface area contributed by atoms with Gasteiger partial charge in [-0.15, -0.1) is 0 Å². The normalized spacial score (nSPS) is 31.0. The fourth-order valence-electron chi connectivity index (χ4n) is 3.44. The largest absolute Gasteiger partial charge is 0.462 e. The molecule has 4 fully saturated rings. The maximum absolute atomic E-state index is 5.97. The number of rotatable bonds is 0. The Bertz CT molecular complexity index is 237. The summed E-state index contributed by atoms with van der Waals surface area (Å²) >= 11 is 0. The van der Waals surface area contributed by atoms with Crippen LogP contribution in [0.15, 0.2) is 0 Å². The molecule has 4 saturated heterocycles. The van der Waals surface area contributed by atoms with Crippen LogP contribution in [0, 0.1) is 0 Å². The standard InChI is InChI=1S/C9H18B3N3O3/c1-4-13-10(16-7-1)14-5-2-9-18-12(14)15-6-3-8-17-11(13)15/h1-9H2. The Morgan fingerprint density at radius 1 is 0.556 bits per heavy atom. The van der Waals surface area contributed by atoms with E-state index in [0.29, 0.717) is 0 Å². The van der Waals surface area contributed by atoms with Gasteiger partial charge in [0.25, 0.3) is 0 Å². The lowest BCUT2D eigenvalue weighted by atomic mass is 9.60. The quantitative estimate of drug-likeness (QED) is 0.519. The highest BCUT2D eigenvalue weighted by molar-refractivity contribution is 6.80. The van der Waals surface area contributed by atoms with Crippen LogP contribution >= 0.6 is 0 Å². The number of fused-ring (bicyclic) bond motifs is 6. The lowest BCUT2D eigenvalue weighted by molar-refractivity contribution is 0.104. The fourth-order valence-corrected chi connectivity index (χ4v) is 3.44. The van der Waals surface area contributed by atoms with Crippen LogP contribution in [0.2, 0.25) is 0 Å². The summed E-state index contributed by atoms with van der Waals surface area (Å²) in [5.41, 5.74) is 0. The minimum absolute atomic E-state index is 0.0448. The highest BCUT2D eigenvalue weighted by Gasteiger charge is 2.59. The fraction of sp³-hybridized carbons (Fsp3) is 1.00. The van der Waals surface area contributed by atoms with Gasteiger partial charge in [0, 0.05) is 19.8 Å². The molecule has 4 rings (SSSR count). The number of nitrogens with zero attached hydrogens (tertiary/aromatic N) is 3. The first-order chi connectivity index (χ1) is 8.95. The third-order valence-electron chi connectivity index (χ3n) is 4.18. The van der Waals surface area contributed by atoms with Crippen molar-refractivity contribution < 1.29 is 14.0 Å². The molecule has 6 nitrogen and oxygen atoms in total. The van der Waals surface area contributed by atoms with Crippen LogP contribution in [0.25, 0.3) is 0 Å². The van der Waals surface area contributed by atoms with E-state index in [2.05, 4.69) is 14.2 Å². The van der Waals surface area contributed by atoms with E-state index in [1.54, 1.807) is 0 Å². The Labute approximate surface area is 109 Å². The smallest absolute Gasteiger partial charge is 0.409 e. The molecule has 0 aliphatic carbocycles. The van der Waals surface area contributed by atoms with E-state index in [1.807, 2.05) is 0 Å². The zero-order chi connectivity index (χ0) is 11.9. The zero-order valence-corrected chi connectivity index (χ0v) is 10.7. The van der Waals surface area contributed by atoms with Crippen molar-refractivity contribution in [3.8, 4) is 0 Å². The summed E-state index contributed by atoms with van der Waals surface area (Å²) in [4.78, 5) is 0. The monoisotopic (exact) mass is 249 g/mol. The van der Waals surface area contributed by atoms with E-state index in [0.717, 1.165) is 58.7 Å². The second-order valence-corrected chi connectivity index (χ2v) is 5.37. The maximum atomic E-state index is 5.97. The minimum atomic E-state index is 0.0448. The van der Waals surface area contributed by atoms with Gasteiger partial charge in [0.2, 0.25) is 0 Å². The Morgan fingerprint density at radius 3 is 1.22 bits per heavy atom. The van der Waals surface area contributed by atoms with Gasteiger partial charge in [0.05, 0.1) is 0 Å². The molecule has 0 N–H and O–H groups in total. The first-order valence-corrected chi connectivity index (χ1v) is 7.07. The van der Waals surface area contributed by atoms with Gasteiger partial charge in [-0.3, -0.25) is 0 Å². The summed E-state index contributed by atoms with van der Waals surface area (Å²) in [5.74, 6) is 0. The Morgan fingerprint density at radius 2 is 0.889 bits per heavy atom. The van der Waals surface area contributed by atoms with Crippen molar-refractivity contribution in [1.82, 2.24) is 14.2 Å². The van der Waals surface area contributed by atoms with Crippen molar-refractivity contribution in [2.24, 2.45) is 0 Å². The van der Waals surface area contributed by atoms with Crippen LogP contribution in [0.4, 0.5) is 0 Å². The molecule has 0 radical (unpaired) electrons. The van der Waals surface area contributed by atoms with E-state index >= 15 is 0 Å². The lowest BCUT2D eigenvalue weighted by Crippen LogP contribution is -2.82. The molecule has 96 valence electrons. The highest BCUT2D eigenvalue weighted by Crippen LogP contribution is 2.28. The van der Waals surface area contributed by atoms with E-state index in [1.165, 1.54) is 0 Å². The van der Waals surface area contributed by atoms with Gasteiger partial charge in [0.1, 0.15) is 0 Å². The van der Waals surface area contributed by atoms with E-state index in [4.69, 9.17) is 14.0 Å². The van der Waals surface area contributed by atoms with Gasteiger partial charge in [-0.05, 0) is 38.9 Å². The molecular weight excluding hydrogens is 231 g/mol. The highest BCUT2D eigenvalue weighted by atomic mass is 16.5.